The normalized spacial score (nSPS) is 14.2. The van der Waals surface area contributed by atoms with E-state index in [4.69, 9.17) is 34.8 Å². The Bertz CT molecular complexity index is 1170. The van der Waals surface area contributed by atoms with Crippen LogP contribution in [0.1, 0.15) is 10.8 Å². The molecule has 32 heavy (non-hydrogen) atoms. The number of nitrogens with zero attached hydrogens (tertiary/aromatic N) is 2. The average molecular weight is 524 g/mol. The summed E-state index contributed by atoms with van der Waals surface area (Å²) in [6, 6.07) is 19.2. The van der Waals surface area contributed by atoms with Crippen molar-refractivity contribution in [2.45, 2.75) is 26.5 Å². The first-order valence-electron chi connectivity index (χ1n) is 9.51. The zero-order valence-electron chi connectivity index (χ0n) is 16.5. The number of aromatic nitrogens is 2. The first-order valence-corrected chi connectivity index (χ1v) is 13.0. The molecule has 0 saturated carbocycles. The van der Waals surface area contributed by atoms with Crippen molar-refractivity contribution in [2.75, 3.05) is 0 Å². The van der Waals surface area contributed by atoms with Gasteiger partial charge in [-0.15, -0.1) is 0 Å². The smallest absolute Gasteiger partial charge is 0.163 e. The molecule has 4 nitrogen and oxygen atoms in total. The Kier molecular flexibility index (Phi) is 7.74. The monoisotopic (exact) mass is 522 g/mol. The fourth-order valence-electron chi connectivity index (χ4n) is 3.15. The van der Waals surface area contributed by atoms with Gasteiger partial charge in [0.1, 0.15) is 0 Å². The maximum Gasteiger partial charge on any atom is 0.163 e. The summed E-state index contributed by atoms with van der Waals surface area (Å²) >= 11 is 15.3. The second kappa shape index (κ2) is 10.5. The minimum atomic E-state index is -1.41. The predicted octanol–water partition coefficient (Wildman–Crippen LogP) is 6.56. The van der Waals surface area contributed by atoms with E-state index < -0.39 is 22.4 Å². The van der Waals surface area contributed by atoms with Crippen LogP contribution < -0.4 is 0 Å². The largest absolute Gasteiger partial charge is 0.611 e. The molecule has 0 aliphatic rings. The SMILES string of the molecule is [O-][S+](c1ccc(Cl)cc1)c1ccc(C(Cn2ccnc2)[S+]([O-])c2ccc(Cl)c(Cl)c2)cc1. The third-order valence-corrected chi connectivity index (χ3v) is 8.86. The molecule has 0 N–H and O–H groups in total. The standard InChI is InChI=1S/C23H17Cl3N2O2S2/c24-17-3-7-19(8-4-17)31(29)18-5-1-16(2-6-18)23(14-28-12-11-27-15-28)32(30)20-9-10-21(25)22(26)13-20/h1-13,15,23H,14H2. The van der Waals surface area contributed by atoms with Crippen LogP contribution in [-0.4, -0.2) is 18.7 Å². The van der Waals surface area contributed by atoms with E-state index in [1.807, 2.05) is 22.9 Å². The average Bonchev–Trinajstić information content (AvgIpc) is 3.32. The van der Waals surface area contributed by atoms with Gasteiger partial charge in [0.25, 0.3) is 0 Å². The quantitative estimate of drug-likeness (QED) is 0.258. The Morgan fingerprint density at radius 1 is 0.812 bits per heavy atom. The first kappa shape index (κ1) is 23.5. The van der Waals surface area contributed by atoms with Gasteiger partial charge < -0.3 is 13.7 Å². The third-order valence-electron chi connectivity index (χ3n) is 4.81. The summed E-state index contributed by atoms with van der Waals surface area (Å²) in [5.41, 5.74) is 0.847. The highest BCUT2D eigenvalue weighted by Crippen LogP contribution is 2.34. The minimum absolute atomic E-state index is 0.354. The van der Waals surface area contributed by atoms with Crippen molar-refractivity contribution in [2.24, 2.45) is 0 Å². The highest BCUT2D eigenvalue weighted by Gasteiger charge is 2.29. The van der Waals surface area contributed by atoms with Crippen molar-refractivity contribution in [3.8, 4) is 0 Å². The molecule has 3 atom stereocenters. The molecule has 0 saturated heterocycles. The maximum atomic E-state index is 13.5. The molecule has 3 aromatic carbocycles. The molecule has 0 radical (unpaired) electrons. The van der Waals surface area contributed by atoms with Crippen LogP contribution in [0.3, 0.4) is 0 Å². The first-order chi connectivity index (χ1) is 15.4. The Balaban J connectivity index is 1.63. The van der Waals surface area contributed by atoms with Gasteiger partial charge in [0.15, 0.2) is 19.9 Å². The molecule has 0 fully saturated rings. The van der Waals surface area contributed by atoms with Crippen LogP contribution in [0.25, 0.3) is 0 Å². The summed E-state index contributed by atoms with van der Waals surface area (Å²) in [5.74, 6) is 0. The molecule has 0 aliphatic heterocycles. The molecule has 3 unspecified atom stereocenters. The fraction of sp³-hybridized carbons (Fsp3) is 0.0870. The van der Waals surface area contributed by atoms with Crippen LogP contribution in [-0.2, 0) is 28.9 Å². The van der Waals surface area contributed by atoms with Crippen LogP contribution >= 0.6 is 34.8 Å². The summed E-state index contributed by atoms with van der Waals surface area (Å²) < 4.78 is 28.3. The lowest BCUT2D eigenvalue weighted by molar-refractivity contribution is 0.561. The van der Waals surface area contributed by atoms with Crippen molar-refractivity contribution < 1.29 is 9.11 Å². The number of halogens is 3. The topological polar surface area (TPSA) is 63.9 Å². The van der Waals surface area contributed by atoms with Crippen LogP contribution in [0, 0.1) is 0 Å². The van der Waals surface area contributed by atoms with E-state index in [1.165, 1.54) is 0 Å². The Morgan fingerprint density at radius 2 is 1.44 bits per heavy atom. The fourth-order valence-corrected chi connectivity index (χ4v) is 6.15. The molecule has 0 bridgehead atoms. The van der Waals surface area contributed by atoms with Crippen molar-refractivity contribution in [3.63, 3.8) is 0 Å². The van der Waals surface area contributed by atoms with Crippen LogP contribution in [0.2, 0.25) is 15.1 Å². The lowest BCUT2D eigenvalue weighted by Crippen LogP contribution is -2.19. The van der Waals surface area contributed by atoms with E-state index in [1.54, 1.807) is 67.1 Å². The van der Waals surface area contributed by atoms with Crippen molar-refractivity contribution in [1.82, 2.24) is 9.55 Å². The van der Waals surface area contributed by atoms with Crippen LogP contribution in [0.15, 0.2) is 100 Å². The summed E-state index contributed by atoms with van der Waals surface area (Å²) in [7, 11) is 0. The molecule has 1 aromatic heterocycles. The van der Waals surface area contributed by atoms with Crippen LogP contribution in [0.5, 0.6) is 0 Å². The van der Waals surface area contributed by atoms with Gasteiger partial charge in [-0.1, -0.05) is 34.8 Å². The van der Waals surface area contributed by atoms with E-state index in [9.17, 15) is 9.11 Å². The van der Waals surface area contributed by atoms with E-state index in [0.717, 1.165) is 5.56 Å². The van der Waals surface area contributed by atoms with Gasteiger partial charge >= 0.3 is 0 Å². The summed E-state index contributed by atoms with van der Waals surface area (Å²) in [6.07, 6.45) is 5.18. The highest BCUT2D eigenvalue weighted by molar-refractivity contribution is 7.92. The predicted molar refractivity (Wildman–Crippen MR) is 130 cm³/mol. The lowest BCUT2D eigenvalue weighted by Gasteiger charge is -2.23. The second-order valence-corrected chi connectivity index (χ2v) is 11.3. The van der Waals surface area contributed by atoms with Gasteiger partial charge in [0.05, 0.1) is 22.9 Å². The second-order valence-electron chi connectivity index (χ2n) is 6.91. The number of hydrogen-bond donors (Lipinski definition) is 0. The van der Waals surface area contributed by atoms with Crippen molar-refractivity contribution in [3.05, 3.63) is 106 Å². The van der Waals surface area contributed by atoms with Crippen LogP contribution in [0.4, 0.5) is 0 Å². The van der Waals surface area contributed by atoms with Gasteiger partial charge in [-0.3, -0.25) is 0 Å². The molecule has 4 aromatic rings. The van der Waals surface area contributed by atoms with Crippen molar-refractivity contribution >= 4 is 57.2 Å². The van der Waals surface area contributed by atoms with E-state index >= 15 is 0 Å². The zero-order chi connectivity index (χ0) is 22.7. The Hall–Kier alpha value is -1.64. The molecular formula is C23H17Cl3N2O2S2. The molecule has 0 amide bonds. The Morgan fingerprint density at radius 3 is 2.03 bits per heavy atom. The van der Waals surface area contributed by atoms with Gasteiger partial charge in [-0.2, -0.15) is 0 Å². The molecule has 164 valence electrons. The summed E-state index contributed by atoms with van der Waals surface area (Å²) in [5, 5.41) is 0.980. The van der Waals surface area contributed by atoms with E-state index in [-0.39, 0.29) is 5.25 Å². The molecular weight excluding hydrogens is 507 g/mol. The number of imidazole rings is 1. The van der Waals surface area contributed by atoms with Gasteiger partial charge in [0.2, 0.25) is 0 Å². The molecule has 0 spiro atoms. The van der Waals surface area contributed by atoms with Gasteiger partial charge in [0, 0.05) is 40.2 Å². The van der Waals surface area contributed by atoms with Crippen molar-refractivity contribution in [1.29, 1.82) is 0 Å². The number of benzene rings is 3. The molecule has 9 heteroatoms. The summed E-state index contributed by atoms with van der Waals surface area (Å²) in [6.45, 7) is 0.451. The highest BCUT2D eigenvalue weighted by atomic mass is 35.5. The van der Waals surface area contributed by atoms with Gasteiger partial charge in [-0.05, 0) is 71.8 Å². The third kappa shape index (κ3) is 5.46. The van der Waals surface area contributed by atoms with E-state index in [2.05, 4.69) is 4.98 Å². The van der Waals surface area contributed by atoms with Gasteiger partial charge in [-0.25, -0.2) is 4.98 Å². The molecule has 0 aliphatic carbocycles. The summed E-state index contributed by atoms with van der Waals surface area (Å²) in [4.78, 5) is 5.98. The Labute approximate surface area is 207 Å². The lowest BCUT2D eigenvalue weighted by atomic mass is 10.1. The number of rotatable bonds is 7. The zero-order valence-corrected chi connectivity index (χ0v) is 20.4. The van der Waals surface area contributed by atoms with E-state index in [0.29, 0.717) is 36.3 Å². The molecule has 4 rings (SSSR count). The maximum absolute atomic E-state index is 13.5. The molecule has 1 heterocycles. The minimum Gasteiger partial charge on any atom is -0.611 e. The number of hydrogen-bond acceptors (Lipinski definition) is 3.